The maximum absolute atomic E-state index is 5.91. The van der Waals surface area contributed by atoms with Crippen molar-refractivity contribution in [1.29, 1.82) is 0 Å². The number of rotatable bonds is 1. The van der Waals surface area contributed by atoms with Gasteiger partial charge in [-0.15, -0.1) is 0 Å². The molecule has 1 nitrogen and oxygen atoms in total. The van der Waals surface area contributed by atoms with Crippen molar-refractivity contribution >= 4 is 11.3 Å². The minimum atomic E-state index is 0.211. The normalized spacial score (nSPS) is 16.5. The molecule has 0 radical (unpaired) electrons. The zero-order valence-electron chi connectivity index (χ0n) is 12.7. The maximum Gasteiger partial charge on any atom is 0.0317 e. The highest BCUT2D eigenvalue weighted by Crippen LogP contribution is 2.41. The molecule has 0 atom stereocenters. The van der Waals surface area contributed by atoms with Crippen molar-refractivity contribution in [1.82, 2.24) is 0 Å². The average molecular weight is 245 g/mol. The fourth-order valence-electron chi connectivity index (χ4n) is 2.51. The maximum atomic E-state index is 5.91. The smallest absolute Gasteiger partial charge is 0.0317 e. The van der Waals surface area contributed by atoms with E-state index in [1.807, 2.05) is 19.9 Å². The van der Waals surface area contributed by atoms with Crippen LogP contribution in [0.3, 0.4) is 0 Å². The molecule has 0 amide bonds. The topological polar surface area (TPSA) is 26.0 Å². The summed E-state index contributed by atoms with van der Waals surface area (Å²) in [5.41, 5.74) is 11.2. The number of hydrogen-bond acceptors (Lipinski definition) is 1. The zero-order chi connectivity index (χ0) is 13.9. The van der Waals surface area contributed by atoms with E-state index >= 15 is 0 Å². The second-order valence-electron chi connectivity index (χ2n) is 5.71. The van der Waals surface area contributed by atoms with Crippen LogP contribution in [0.25, 0.3) is 5.57 Å². The Morgan fingerprint density at radius 1 is 1.17 bits per heavy atom. The van der Waals surface area contributed by atoms with E-state index in [-0.39, 0.29) is 5.41 Å². The van der Waals surface area contributed by atoms with Gasteiger partial charge in [-0.05, 0) is 46.6 Å². The predicted octanol–water partition coefficient (Wildman–Crippen LogP) is 5.02. The Bertz CT molecular complexity index is 439. The van der Waals surface area contributed by atoms with Gasteiger partial charge < -0.3 is 5.73 Å². The molecule has 1 aromatic carbocycles. The molecule has 0 unspecified atom stereocenters. The van der Waals surface area contributed by atoms with Crippen molar-refractivity contribution in [2.24, 2.45) is 5.92 Å². The lowest BCUT2D eigenvalue weighted by Crippen LogP contribution is -2.22. The van der Waals surface area contributed by atoms with Crippen LogP contribution in [0.15, 0.2) is 24.3 Å². The van der Waals surface area contributed by atoms with E-state index in [2.05, 4.69) is 45.9 Å². The molecular formula is C17H27N. The summed E-state index contributed by atoms with van der Waals surface area (Å²) in [4.78, 5) is 0. The molecule has 0 bridgehead atoms. The van der Waals surface area contributed by atoms with Crippen LogP contribution in [0, 0.1) is 5.92 Å². The summed E-state index contributed by atoms with van der Waals surface area (Å²) in [7, 11) is 0. The van der Waals surface area contributed by atoms with Gasteiger partial charge in [-0.1, -0.05) is 53.7 Å². The number of nitrogen functional groups attached to an aromatic ring is 1. The molecule has 2 rings (SSSR count). The van der Waals surface area contributed by atoms with E-state index in [4.69, 9.17) is 5.73 Å². The molecule has 0 aromatic heterocycles. The third-order valence-electron chi connectivity index (χ3n) is 3.54. The minimum Gasteiger partial charge on any atom is -0.399 e. The molecule has 18 heavy (non-hydrogen) atoms. The summed E-state index contributed by atoms with van der Waals surface area (Å²) in [6.45, 7) is 13.1. The van der Waals surface area contributed by atoms with Gasteiger partial charge in [-0.2, -0.15) is 0 Å². The summed E-state index contributed by atoms with van der Waals surface area (Å²) >= 11 is 0. The fourth-order valence-corrected chi connectivity index (χ4v) is 2.51. The van der Waals surface area contributed by atoms with E-state index in [0.29, 0.717) is 5.92 Å². The fraction of sp³-hybridized carbons (Fsp3) is 0.529. The second-order valence-corrected chi connectivity index (χ2v) is 5.71. The molecular weight excluding hydrogens is 218 g/mol. The highest BCUT2D eigenvalue weighted by atomic mass is 14.5. The molecule has 1 heteroatoms. The molecule has 1 aromatic rings. The van der Waals surface area contributed by atoms with Crippen LogP contribution < -0.4 is 5.73 Å². The largest absolute Gasteiger partial charge is 0.399 e. The summed E-state index contributed by atoms with van der Waals surface area (Å²) < 4.78 is 0. The van der Waals surface area contributed by atoms with Crippen LogP contribution in [0.2, 0.25) is 0 Å². The van der Waals surface area contributed by atoms with Gasteiger partial charge in [-0.25, -0.2) is 0 Å². The molecule has 1 aliphatic rings. The van der Waals surface area contributed by atoms with Crippen LogP contribution in [0.4, 0.5) is 5.69 Å². The Morgan fingerprint density at radius 3 is 2.33 bits per heavy atom. The lowest BCUT2D eigenvalue weighted by molar-refractivity contribution is 0.523. The average Bonchev–Trinajstić information content (AvgIpc) is 2.32. The van der Waals surface area contributed by atoms with Gasteiger partial charge in [0.05, 0.1) is 0 Å². The Kier molecular flexibility index (Phi) is 4.61. The zero-order valence-corrected chi connectivity index (χ0v) is 12.7. The van der Waals surface area contributed by atoms with Crippen molar-refractivity contribution in [2.75, 3.05) is 5.73 Å². The van der Waals surface area contributed by atoms with E-state index in [0.717, 1.165) is 12.1 Å². The van der Waals surface area contributed by atoms with Crippen LogP contribution in [0.5, 0.6) is 0 Å². The van der Waals surface area contributed by atoms with Crippen LogP contribution in [0.1, 0.15) is 59.1 Å². The first kappa shape index (κ1) is 14.8. The van der Waals surface area contributed by atoms with Gasteiger partial charge in [-0.3, -0.25) is 0 Å². The summed E-state index contributed by atoms with van der Waals surface area (Å²) in [6, 6.07) is 6.33. The molecule has 0 aliphatic heterocycles. The first-order chi connectivity index (χ1) is 8.42. The van der Waals surface area contributed by atoms with E-state index < -0.39 is 0 Å². The van der Waals surface area contributed by atoms with Crippen LogP contribution >= 0.6 is 0 Å². The third-order valence-corrected chi connectivity index (χ3v) is 3.54. The van der Waals surface area contributed by atoms with Gasteiger partial charge in [0.25, 0.3) is 0 Å². The molecule has 0 saturated carbocycles. The summed E-state index contributed by atoms with van der Waals surface area (Å²) in [6.07, 6.45) is 3.50. The van der Waals surface area contributed by atoms with Gasteiger partial charge in [0.2, 0.25) is 0 Å². The van der Waals surface area contributed by atoms with Crippen molar-refractivity contribution in [3.05, 3.63) is 35.4 Å². The SMILES string of the molecule is CC.CC(C)C1=CCC(C)(C)c2cc(N)ccc21. The predicted molar refractivity (Wildman–Crippen MR) is 82.7 cm³/mol. The Balaban J connectivity index is 0.000000771. The molecule has 0 saturated heterocycles. The molecule has 2 N–H and O–H groups in total. The number of fused-ring (bicyclic) bond motifs is 1. The molecule has 0 heterocycles. The van der Waals surface area contributed by atoms with E-state index in [9.17, 15) is 0 Å². The second kappa shape index (κ2) is 5.60. The molecule has 100 valence electrons. The summed E-state index contributed by atoms with van der Waals surface area (Å²) in [5, 5.41) is 0. The molecule has 0 spiro atoms. The number of benzene rings is 1. The van der Waals surface area contributed by atoms with E-state index in [1.165, 1.54) is 16.7 Å². The van der Waals surface area contributed by atoms with Crippen LogP contribution in [-0.2, 0) is 5.41 Å². The molecule has 0 fully saturated rings. The Labute approximate surface area is 112 Å². The van der Waals surface area contributed by atoms with Crippen molar-refractivity contribution in [3.63, 3.8) is 0 Å². The van der Waals surface area contributed by atoms with Crippen molar-refractivity contribution < 1.29 is 0 Å². The van der Waals surface area contributed by atoms with E-state index in [1.54, 1.807) is 0 Å². The van der Waals surface area contributed by atoms with Gasteiger partial charge >= 0.3 is 0 Å². The standard InChI is InChI=1S/C15H21N.C2H6/c1-10(2)12-7-8-15(3,4)14-9-11(16)5-6-13(12)14;1-2/h5-7,9-10H,8,16H2,1-4H3;1-2H3. The third kappa shape index (κ3) is 2.77. The quantitative estimate of drug-likeness (QED) is 0.691. The van der Waals surface area contributed by atoms with Crippen molar-refractivity contribution in [2.45, 2.75) is 53.4 Å². The van der Waals surface area contributed by atoms with Crippen molar-refractivity contribution in [3.8, 4) is 0 Å². The number of hydrogen-bond donors (Lipinski definition) is 1. The highest BCUT2D eigenvalue weighted by molar-refractivity contribution is 5.74. The number of allylic oxidation sites excluding steroid dienone is 2. The Hall–Kier alpha value is -1.24. The van der Waals surface area contributed by atoms with Gasteiger partial charge in [0.1, 0.15) is 0 Å². The Morgan fingerprint density at radius 2 is 1.78 bits per heavy atom. The number of nitrogens with two attached hydrogens (primary N) is 1. The monoisotopic (exact) mass is 245 g/mol. The number of anilines is 1. The van der Waals surface area contributed by atoms with Crippen LogP contribution in [-0.4, -0.2) is 0 Å². The van der Waals surface area contributed by atoms with Gasteiger partial charge in [0, 0.05) is 5.69 Å². The lowest BCUT2D eigenvalue weighted by Gasteiger charge is -2.33. The molecule has 1 aliphatic carbocycles. The highest BCUT2D eigenvalue weighted by Gasteiger charge is 2.28. The van der Waals surface area contributed by atoms with Gasteiger partial charge in [0.15, 0.2) is 0 Å². The first-order valence-electron chi connectivity index (χ1n) is 7.02. The lowest BCUT2D eigenvalue weighted by atomic mass is 9.71. The summed E-state index contributed by atoms with van der Waals surface area (Å²) in [5.74, 6) is 0.582. The minimum absolute atomic E-state index is 0.211. The first-order valence-corrected chi connectivity index (χ1v) is 7.02.